The van der Waals surface area contributed by atoms with E-state index in [0.717, 1.165) is 50.1 Å². The van der Waals surface area contributed by atoms with Crippen molar-refractivity contribution in [3.05, 3.63) is 95.1 Å². The Kier molecular flexibility index (Phi) is 14.3. The number of rotatable bonds is 21. The van der Waals surface area contributed by atoms with Crippen LogP contribution in [0.1, 0.15) is 106 Å². The molecule has 1 saturated carbocycles. The SMILES string of the molecule is CC(Cc1ccc(OCCCCCCC[N+]23CCC(CC2)[C@@H](OC[C@@](O)(c2ccccc2)C2CCCC2)C3)cc1)NC[C@H](O)c1ccc(O)c(CO)c1. The minimum atomic E-state index is -0.880. The van der Waals surface area contributed by atoms with Gasteiger partial charge in [0.2, 0.25) is 0 Å². The highest BCUT2D eigenvalue weighted by atomic mass is 16.5. The van der Waals surface area contributed by atoms with E-state index in [1.165, 1.54) is 87.1 Å². The molecule has 3 aromatic rings. The van der Waals surface area contributed by atoms with Gasteiger partial charge in [-0.3, -0.25) is 0 Å². The van der Waals surface area contributed by atoms with Gasteiger partial charge in [0.15, 0.2) is 0 Å². The van der Waals surface area contributed by atoms with Gasteiger partial charge >= 0.3 is 0 Å². The normalized spacial score (nSPS) is 23.8. The van der Waals surface area contributed by atoms with Crippen molar-refractivity contribution in [2.75, 3.05) is 45.9 Å². The highest BCUT2D eigenvalue weighted by Crippen LogP contribution is 2.43. The van der Waals surface area contributed by atoms with Crippen LogP contribution in [-0.2, 0) is 23.4 Å². The van der Waals surface area contributed by atoms with Crippen molar-refractivity contribution in [1.29, 1.82) is 0 Å². The minimum Gasteiger partial charge on any atom is -0.508 e. The minimum absolute atomic E-state index is 0.0362. The maximum atomic E-state index is 12.0. The molecule has 290 valence electrons. The standard InChI is InChI=1S/C45H64N2O6/c1-34(46-30-43(50)37-18-21-42(49)38(29-37)32-48)28-35-16-19-41(20-17-35)52-27-11-4-2-3-10-24-47-25-22-36(23-26-47)44(31-47)53-33-45(51,40-14-8-9-15-40)39-12-6-5-7-13-39/h5-7,12-13,16-21,29,34,36,40,43-44,46,48,50-51H,2-4,8-11,14-15,22-28,30-33H2,1H3/p+1/t34?,36?,43-,44-,45+,47?/m0/s1. The van der Waals surface area contributed by atoms with Gasteiger partial charge in [0.25, 0.3) is 0 Å². The molecule has 7 rings (SSSR count). The quantitative estimate of drug-likeness (QED) is 0.0584. The van der Waals surface area contributed by atoms with Crippen LogP contribution in [0.2, 0.25) is 0 Å². The summed E-state index contributed by atoms with van der Waals surface area (Å²) >= 11 is 0. The molecule has 1 aliphatic carbocycles. The maximum absolute atomic E-state index is 12.0. The lowest BCUT2D eigenvalue weighted by Gasteiger charge is -2.53. The fourth-order valence-corrected chi connectivity index (χ4v) is 9.31. The Bertz CT molecular complexity index is 1520. The lowest BCUT2D eigenvalue weighted by atomic mass is 9.80. The maximum Gasteiger partial charge on any atom is 0.121 e. The zero-order chi connectivity index (χ0) is 37.1. The van der Waals surface area contributed by atoms with E-state index in [-0.39, 0.29) is 24.5 Å². The first-order valence-electron chi connectivity index (χ1n) is 20.6. The third-order valence-electron chi connectivity index (χ3n) is 12.7. The van der Waals surface area contributed by atoms with Crippen molar-refractivity contribution in [3.63, 3.8) is 0 Å². The molecule has 5 N–H and O–H groups in total. The number of hydrogen-bond donors (Lipinski definition) is 5. The number of hydrogen-bond acceptors (Lipinski definition) is 7. The number of fused-ring (bicyclic) bond motifs is 3. The van der Waals surface area contributed by atoms with Gasteiger partial charge in [0.05, 0.1) is 45.6 Å². The number of unbranched alkanes of at least 4 members (excludes halogenated alkanes) is 4. The van der Waals surface area contributed by atoms with Crippen molar-refractivity contribution in [3.8, 4) is 11.5 Å². The molecule has 8 heteroatoms. The van der Waals surface area contributed by atoms with E-state index in [1.54, 1.807) is 12.1 Å². The molecule has 0 amide bonds. The summed E-state index contributed by atoms with van der Waals surface area (Å²) in [7, 11) is 0. The summed E-state index contributed by atoms with van der Waals surface area (Å²) in [5, 5.41) is 45.1. The first kappa shape index (κ1) is 39.7. The third-order valence-corrected chi connectivity index (χ3v) is 12.7. The highest BCUT2D eigenvalue weighted by molar-refractivity contribution is 5.36. The molecule has 3 aromatic carbocycles. The molecule has 4 atom stereocenters. The molecular weight excluding hydrogens is 665 g/mol. The molecule has 0 radical (unpaired) electrons. The van der Waals surface area contributed by atoms with Gasteiger partial charge in [-0.2, -0.15) is 0 Å². The summed E-state index contributed by atoms with van der Waals surface area (Å²) in [5.74, 6) is 1.87. The lowest BCUT2D eigenvalue weighted by Crippen LogP contribution is -2.64. The van der Waals surface area contributed by atoms with Crippen molar-refractivity contribution in [2.24, 2.45) is 11.8 Å². The molecule has 0 spiro atoms. The van der Waals surface area contributed by atoms with Crippen LogP contribution in [0.5, 0.6) is 11.5 Å². The molecule has 4 fully saturated rings. The van der Waals surface area contributed by atoms with E-state index in [2.05, 4.69) is 36.5 Å². The second-order valence-electron chi connectivity index (χ2n) is 16.5. The number of nitrogens with zero attached hydrogens (tertiary/aromatic N) is 1. The number of nitrogens with one attached hydrogen (secondary N) is 1. The summed E-state index contributed by atoms with van der Waals surface area (Å²) in [5.41, 5.74) is 2.44. The number of aliphatic hydroxyl groups is 3. The molecule has 8 nitrogen and oxygen atoms in total. The summed E-state index contributed by atoms with van der Waals surface area (Å²) in [4.78, 5) is 0. The molecule has 3 aliphatic heterocycles. The Morgan fingerprint density at radius 1 is 0.887 bits per heavy atom. The van der Waals surface area contributed by atoms with Gasteiger partial charge in [-0.25, -0.2) is 0 Å². The van der Waals surface area contributed by atoms with Crippen molar-refractivity contribution in [1.82, 2.24) is 5.32 Å². The summed E-state index contributed by atoms with van der Waals surface area (Å²) < 4.78 is 14.0. The van der Waals surface area contributed by atoms with Gasteiger partial charge in [0, 0.05) is 36.9 Å². The number of ether oxygens (including phenoxy) is 2. The molecule has 1 unspecified atom stereocenters. The topological polar surface area (TPSA) is 111 Å². The van der Waals surface area contributed by atoms with Gasteiger partial charge in [-0.15, -0.1) is 0 Å². The lowest BCUT2D eigenvalue weighted by molar-refractivity contribution is -0.946. The predicted molar refractivity (Wildman–Crippen MR) is 210 cm³/mol. The third kappa shape index (κ3) is 10.6. The van der Waals surface area contributed by atoms with E-state index < -0.39 is 11.7 Å². The van der Waals surface area contributed by atoms with Crippen LogP contribution in [0.25, 0.3) is 0 Å². The van der Waals surface area contributed by atoms with Crippen LogP contribution < -0.4 is 10.1 Å². The Labute approximate surface area is 317 Å². The number of aliphatic hydroxyl groups excluding tert-OH is 2. The van der Waals surface area contributed by atoms with Crippen molar-refractivity contribution < 1.29 is 34.4 Å². The second-order valence-corrected chi connectivity index (χ2v) is 16.5. The summed E-state index contributed by atoms with van der Waals surface area (Å²) in [6.07, 6.45) is 13.5. The zero-order valence-electron chi connectivity index (χ0n) is 32.0. The predicted octanol–water partition coefficient (Wildman–Crippen LogP) is 7.17. The fourth-order valence-electron chi connectivity index (χ4n) is 9.31. The largest absolute Gasteiger partial charge is 0.508 e. The number of aromatic hydroxyl groups is 1. The number of quaternary nitrogens is 1. The van der Waals surface area contributed by atoms with E-state index in [9.17, 15) is 20.4 Å². The summed E-state index contributed by atoms with van der Waals surface area (Å²) in [6.45, 7) is 8.32. The van der Waals surface area contributed by atoms with Crippen LogP contribution in [0, 0.1) is 11.8 Å². The van der Waals surface area contributed by atoms with Crippen molar-refractivity contribution in [2.45, 2.75) is 114 Å². The molecule has 3 heterocycles. The Morgan fingerprint density at radius 3 is 2.34 bits per heavy atom. The van der Waals surface area contributed by atoms with Crippen LogP contribution in [0.15, 0.2) is 72.8 Å². The zero-order valence-corrected chi connectivity index (χ0v) is 32.0. The fraction of sp³-hybridized carbons (Fsp3) is 0.600. The average Bonchev–Trinajstić information content (AvgIpc) is 3.75. The Morgan fingerprint density at radius 2 is 1.60 bits per heavy atom. The van der Waals surface area contributed by atoms with Gasteiger partial charge in [-0.1, -0.05) is 74.2 Å². The van der Waals surface area contributed by atoms with Crippen LogP contribution in [0.3, 0.4) is 0 Å². The Balaban J connectivity index is 0.842. The Hall–Kier alpha value is -2.98. The smallest absolute Gasteiger partial charge is 0.121 e. The number of phenols is 1. The second kappa shape index (κ2) is 19.1. The molecule has 2 bridgehead atoms. The van der Waals surface area contributed by atoms with Crippen molar-refractivity contribution >= 4 is 0 Å². The molecule has 3 saturated heterocycles. The number of piperidine rings is 3. The van der Waals surface area contributed by atoms with E-state index in [0.29, 0.717) is 36.1 Å². The first-order chi connectivity index (χ1) is 25.8. The molecule has 0 aromatic heterocycles. The van der Waals surface area contributed by atoms with Gasteiger partial charge in [-0.05, 0) is 92.3 Å². The monoisotopic (exact) mass is 729 g/mol. The number of benzene rings is 3. The van der Waals surface area contributed by atoms with Crippen LogP contribution in [0.4, 0.5) is 0 Å². The molecule has 4 aliphatic rings. The van der Waals surface area contributed by atoms with E-state index in [1.807, 2.05) is 30.3 Å². The first-order valence-corrected chi connectivity index (χ1v) is 20.6. The van der Waals surface area contributed by atoms with Gasteiger partial charge < -0.3 is 39.7 Å². The molecule has 53 heavy (non-hydrogen) atoms. The average molecular weight is 730 g/mol. The van der Waals surface area contributed by atoms with Gasteiger partial charge in [0.1, 0.15) is 29.7 Å². The molecular formula is C45H65N2O6+. The van der Waals surface area contributed by atoms with Crippen LogP contribution >= 0.6 is 0 Å². The highest BCUT2D eigenvalue weighted by Gasteiger charge is 2.48. The van der Waals surface area contributed by atoms with E-state index >= 15 is 0 Å². The summed E-state index contributed by atoms with van der Waals surface area (Å²) in [6, 6.07) is 23.6. The van der Waals surface area contributed by atoms with E-state index in [4.69, 9.17) is 9.47 Å². The van der Waals surface area contributed by atoms with Crippen LogP contribution in [-0.4, -0.2) is 83.0 Å².